The van der Waals surface area contributed by atoms with Crippen molar-refractivity contribution in [3.05, 3.63) is 83.1 Å². The molecule has 0 atom stereocenters. The van der Waals surface area contributed by atoms with Crippen molar-refractivity contribution in [3.8, 4) is 5.82 Å². The lowest BCUT2D eigenvalue weighted by Crippen LogP contribution is -2.16. The number of halogens is 1. The number of aryl methyl sites for hydroxylation is 1. The first-order valence-electron chi connectivity index (χ1n) is 9.10. The maximum absolute atomic E-state index is 12.9. The Hall–Kier alpha value is -3.64. The van der Waals surface area contributed by atoms with Gasteiger partial charge in [0, 0.05) is 16.8 Å². The Balaban J connectivity index is 1.51. The molecule has 0 radical (unpaired) electrons. The van der Waals surface area contributed by atoms with Crippen LogP contribution in [0.5, 0.6) is 0 Å². The van der Waals surface area contributed by atoms with Crippen molar-refractivity contribution < 1.29 is 4.79 Å². The molecule has 3 aromatic heterocycles. The first kappa shape index (κ1) is 17.5. The van der Waals surface area contributed by atoms with Gasteiger partial charge in [-0.25, -0.2) is 4.98 Å². The van der Waals surface area contributed by atoms with E-state index in [0.717, 1.165) is 27.5 Å². The highest BCUT2D eigenvalue weighted by atomic mass is 35.5. The van der Waals surface area contributed by atoms with Crippen LogP contribution in [0.4, 0.5) is 5.82 Å². The van der Waals surface area contributed by atoms with E-state index in [9.17, 15) is 4.79 Å². The number of hydrogen-bond donors (Lipinski definition) is 2. The normalized spacial score (nSPS) is 11.2. The molecule has 0 aliphatic heterocycles. The Kier molecular flexibility index (Phi) is 4.07. The summed E-state index contributed by atoms with van der Waals surface area (Å²) in [4.78, 5) is 20.6. The van der Waals surface area contributed by atoms with E-state index in [1.165, 1.54) is 0 Å². The van der Waals surface area contributed by atoms with Crippen molar-refractivity contribution in [1.29, 1.82) is 0 Å². The van der Waals surface area contributed by atoms with Gasteiger partial charge in [-0.3, -0.25) is 4.79 Å². The molecule has 7 heteroatoms. The van der Waals surface area contributed by atoms with Crippen molar-refractivity contribution in [1.82, 2.24) is 19.7 Å². The number of aromatic nitrogens is 4. The predicted molar refractivity (Wildman–Crippen MR) is 115 cm³/mol. The molecule has 0 unspecified atom stereocenters. The zero-order valence-corrected chi connectivity index (χ0v) is 16.2. The number of carbonyl (C=O) groups excluding carboxylic acids is 1. The van der Waals surface area contributed by atoms with Crippen LogP contribution in [0.1, 0.15) is 16.2 Å². The average molecular weight is 402 g/mol. The summed E-state index contributed by atoms with van der Waals surface area (Å²) in [5.41, 5.74) is 2.79. The first-order chi connectivity index (χ1) is 14.1. The molecule has 6 nitrogen and oxygen atoms in total. The average Bonchev–Trinajstić information content (AvgIpc) is 3.32. The lowest BCUT2D eigenvalue weighted by molar-refractivity contribution is 0.102. The number of nitrogens with one attached hydrogen (secondary N) is 2. The van der Waals surface area contributed by atoms with Crippen LogP contribution in [0.15, 0.2) is 66.7 Å². The van der Waals surface area contributed by atoms with E-state index in [-0.39, 0.29) is 5.91 Å². The van der Waals surface area contributed by atoms with Crippen molar-refractivity contribution in [2.24, 2.45) is 0 Å². The quantitative estimate of drug-likeness (QED) is 0.440. The zero-order chi connectivity index (χ0) is 20.0. The molecule has 2 N–H and O–H groups in total. The van der Waals surface area contributed by atoms with Gasteiger partial charge in [-0.05, 0) is 37.3 Å². The van der Waals surface area contributed by atoms with Gasteiger partial charge in [-0.15, -0.1) is 0 Å². The lowest BCUT2D eigenvalue weighted by Gasteiger charge is -2.08. The number of anilines is 1. The van der Waals surface area contributed by atoms with E-state index in [0.29, 0.717) is 22.4 Å². The Morgan fingerprint density at radius 1 is 1.03 bits per heavy atom. The Morgan fingerprint density at radius 3 is 2.72 bits per heavy atom. The molecule has 1 amide bonds. The Labute approximate surface area is 171 Å². The van der Waals surface area contributed by atoms with Crippen molar-refractivity contribution in [3.63, 3.8) is 0 Å². The van der Waals surface area contributed by atoms with Gasteiger partial charge in [-0.1, -0.05) is 41.9 Å². The number of hydrogen-bond acceptors (Lipinski definition) is 3. The van der Waals surface area contributed by atoms with E-state index in [1.54, 1.807) is 16.8 Å². The molecule has 0 fully saturated rings. The summed E-state index contributed by atoms with van der Waals surface area (Å²) in [6.45, 7) is 1.87. The van der Waals surface area contributed by atoms with Crippen LogP contribution in [0, 0.1) is 6.92 Å². The fraction of sp³-hybridized carbons (Fsp3) is 0.0455. The standard InChI is InChI=1S/C22H16ClN5O/c1-13-11-20(26-22(29)18-12-15-6-4-7-16(23)21(15)25-18)28(27-13)19-10-9-14-5-2-3-8-17(14)24-19/h2-12,25H,1H3,(H,26,29). The highest BCUT2D eigenvalue weighted by Gasteiger charge is 2.16. The van der Waals surface area contributed by atoms with Gasteiger partial charge in [0.1, 0.15) is 11.5 Å². The number of para-hydroxylation sites is 2. The van der Waals surface area contributed by atoms with Crippen LogP contribution in [0.2, 0.25) is 5.02 Å². The van der Waals surface area contributed by atoms with Gasteiger partial charge in [0.2, 0.25) is 0 Å². The van der Waals surface area contributed by atoms with Gasteiger partial charge in [0.25, 0.3) is 5.91 Å². The molecule has 0 aliphatic rings. The van der Waals surface area contributed by atoms with Gasteiger partial charge >= 0.3 is 0 Å². The number of nitrogens with zero attached hydrogens (tertiary/aromatic N) is 3. The number of pyridine rings is 1. The maximum atomic E-state index is 12.9. The minimum atomic E-state index is -0.279. The summed E-state index contributed by atoms with van der Waals surface area (Å²) >= 11 is 6.21. The molecule has 0 aliphatic carbocycles. The smallest absolute Gasteiger partial charge is 0.273 e. The van der Waals surface area contributed by atoms with E-state index in [1.807, 2.05) is 61.5 Å². The summed E-state index contributed by atoms with van der Waals surface area (Å²) in [6, 6.07) is 20.9. The molecular weight excluding hydrogens is 386 g/mol. The molecular formula is C22H16ClN5O. The van der Waals surface area contributed by atoms with E-state index >= 15 is 0 Å². The number of carbonyl (C=O) groups is 1. The van der Waals surface area contributed by atoms with E-state index in [2.05, 4.69) is 20.4 Å². The number of rotatable bonds is 3. The van der Waals surface area contributed by atoms with Crippen LogP contribution in [-0.2, 0) is 0 Å². The fourth-order valence-corrected chi connectivity index (χ4v) is 3.59. The summed E-state index contributed by atoms with van der Waals surface area (Å²) < 4.78 is 1.63. The molecule has 0 saturated carbocycles. The molecule has 5 aromatic rings. The number of benzene rings is 2. The van der Waals surface area contributed by atoms with Crippen LogP contribution in [0.25, 0.3) is 27.6 Å². The number of aromatic amines is 1. The topological polar surface area (TPSA) is 75.6 Å². The largest absolute Gasteiger partial charge is 0.349 e. The minimum Gasteiger partial charge on any atom is -0.349 e. The maximum Gasteiger partial charge on any atom is 0.273 e. The fourth-order valence-electron chi connectivity index (χ4n) is 3.36. The zero-order valence-electron chi connectivity index (χ0n) is 15.5. The van der Waals surface area contributed by atoms with Crippen molar-refractivity contribution in [2.75, 3.05) is 5.32 Å². The minimum absolute atomic E-state index is 0.279. The van der Waals surface area contributed by atoms with Gasteiger partial charge < -0.3 is 10.3 Å². The lowest BCUT2D eigenvalue weighted by atomic mass is 10.2. The van der Waals surface area contributed by atoms with E-state index in [4.69, 9.17) is 11.6 Å². The SMILES string of the molecule is Cc1cc(NC(=O)c2cc3cccc(Cl)c3[nH]2)n(-c2ccc3ccccc3n2)n1. The second-order valence-electron chi connectivity index (χ2n) is 6.79. The first-order valence-corrected chi connectivity index (χ1v) is 9.48. The highest BCUT2D eigenvalue weighted by Crippen LogP contribution is 2.24. The van der Waals surface area contributed by atoms with Crippen LogP contribution >= 0.6 is 11.6 Å². The van der Waals surface area contributed by atoms with E-state index < -0.39 is 0 Å². The molecule has 142 valence electrons. The molecule has 2 aromatic carbocycles. The summed E-state index contributed by atoms with van der Waals surface area (Å²) in [6.07, 6.45) is 0. The van der Waals surface area contributed by atoms with Crippen LogP contribution in [0.3, 0.4) is 0 Å². The van der Waals surface area contributed by atoms with Crippen LogP contribution in [-0.4, -0.2) is 25.7 Å². The monoisotopic (exact) mass is 401 g/mol. The summed E-state index contributed by atoms with van der Waals surface area (Å²) in [7, 11) is 0. The second kappa shape index (κ2) is 6.76. The van der Waals surface area contributed by atoms with Crippen LogP contribution < -0.4 is 5.32 Å². The second-order valence-corrected chi connectivity index (χ2v) is 7.19. The summed E-state index contributed by atoms with van der Waals surface area (Å²) in [5.74, 6) is 0.894. The molecule has 3 heterocycles. The number of H-pyrrole nitrogens is 1. The molecule has 5 rings (SSSR count). The molecule has 29 heavy (non-hydrogen) atoms. The van der Waals surface area contributed by atoms with Crippen molar-refractivity contribution in [2.45, 2.75) is 6.92 Å². The van der Waals surface area contributed by atoms with Gasteiger partial charge in [0.05, 0.1) is 21.7 Å². The third-order valence-electron chi connectivity index (χ3n) is 4.72. The summed E-state index contributed by atoms with van der Waals surface area (Å²) in [5, 5.41) is 9.91. The Bertz CT molecular complexity index is 1380. The number of amides is 1. The number of fused-ring (bicyclic) bond motifs is 2. The molecule has 0 bridgehead atoms. The third kappa shape index (κ3) is 3.13. The highest BCUT2D eigenvalue weighted by molar-refractivity contribution is 6.35. The predicted octanol–water partition coefficient (Wildman–Crippen LogP) is 5.12. The Morgan fingerprint density at radius 2 is 1.86 bits per heavy atom. The van der Waals surface area contributed by atoms with Gasteiger partial charge in [0.15, 0.2) is 5.82 Å². The third-order valence-corrected chi connectivity index (χ3v) is 5.04. The molecule has 0 spiro atoms. The van der Waals surface area contributed by atoms with Gasteiger partial charge in [-0.2, -0.15) is 9.78 Å². The van der Waals surface area contributed by atoms with Crippen molar-refractivity contribution >= 4 is 45.1 Å². The molecule has 0 saturated heterocycles.